The normalized spacial score (nSPS) is 11.3. The van der Waals surface area contributed by atoms with Crippen molar-refractivity contribution in [1.82, 2.24) is 14.5 Å². The minimum atomic E-state index is -1.04. The van der Waals surface area contributed by atoms with Gasteiger partial charge in [-0.2, -0.15) is 0 Å². The molecule has 0 fully saturated rings. The molecule has 21 heavy (non-hydrogen) atoms. The standard InChI is InChI=1S/C15H21N3O3/c1-8(2)6-7-21-13-11(15(19)20)9(3)16-14-12(13)17-10(4)18(14)5/h8H,6-7H2,1-5H3,(H,19,20). The van der Waals surface area contributed by atoms with E-state index < -0.39 is 5.97 Å². The highest BCUT2D eigenvalue weighted by Gasteiger charge is 2.23. The first-order valence-electron chi connectivity index (χ1n) is 7.02. The van der Waals surface area contributed by atoms with Gasteiger partial charge in [0.2, 0.25) is 0 Å². The quantitative estimate of drug-likeness (QED) is 0.916. The molecule has 0 radical (unpaired) electrons. The molecule has 2 aromatic heterocycles. The molecule has 0 atom stereocenters. The molecule has 0 unspecified atom stereocenters. The van der Waals surface area contributed by atoms with Crippen molar-refractivity contribution in [3.05, 3.63) is 17.1 Å². The number of carbonyl (C=O) groups is 1. The van der Waals surface area contributed by atoms with E-state index in [-0.39, 0.29) is 5.56 Å². The first-order valence-corrected chi connectivity index (χ1v) is 7.02. The molecule has 0 aromatic carbocycles. The molecule has 6 heteroatoms. The lowest BCUT2D eigenvalue weighted by Crippen LogP contribution is -2.10. The summed E-state index contributed by atoms with van der Waals surface area (Å²) in [7, 11) is 1.86. The molecule has 0 aliphatic rings. The monoisotopic (exact) mass is 291 g/mol. The summed E-state index contributed by atoms with van der Waals surface area (Å²) in [4.78, 5) is 20.3. The third-order valence-electron chi connectivity index (χ3n) is 3.52. The maximum atomic E-state index is 11.5. The number of ether oxygens (including phenoxy) is 1. The molecule has 0 bridgehead atoms. The molecule has 0 saturated heterocycles. The number of rotatable bonds is 5. The highest BCUT2D eigenvalue weighted by atomic mass is 16.5. The van der Waals surface area contributed by atoms with Gasteiger partial charge in [0, 0.05) is 7.05 Å². The van der Waals surface area contributed by atoms with Crippen LogP contribution in [0.25, 0.3) is 11.2 Å². The molecule has 2 aromatic rings. The lowest BCUT2D eigenvalue weighted by molar-refractivity contribution is 0.0691. The van der Waals surface area contributed by atoms with Crippen molar-refractivity contribution in [3.63, 3.8) is 0 Å². The zero-order valence-corrected chi connectivity index (χ0v) is 13.1. The molecule has 0 aliphatic heterocycles. The van der Waals surface area contributed by atoms with Crippen molar-refractivity contribution < 1.29 is 14.6 Å². The van der Waals surface area contributed by atoms with Crippen LogP contribution >= 0.6 is 0 Å². The molecule has 1 N–H and O–H groups in total. The zero-order chi connectivity index (χ0) is 15.7. The fraction of sp³-hybridized carbons (Fsp3) is 0.533. The molecule has 6 nitrogen and oxygen atoms in total. The second-order valence-corrected chi connectivity index (χ2v) is 5.63. The number of hydrogen-bond acceptors (Lipinski definition) is 4. The van der Waals surface area contributed by atoms with Crippen molar-refractivity contribution in [3.8, 4) is 5.75 Å². The number of pyridine rings is 1. The Kier molecular flexibility index (Phi) is 4.16. The van der Waals surface area contributed by atoms with Gasteiger partial charge in [0.15, 0.2) is 16.9 Å². The number of imidazole rings is 1. The van der Waals surface area contributed by atoms with Gasteiger partial charge in [0.1, 0.15) is 11.4 Å². The van der Waals surface area contributed by atoms with Crippen LogP contribution in [0.2, 0.25) is 0 Å². The van der Waals surface area contributed by atoms with Crippen LogP contribution in [-0.4, -0.2) is 32.2 Å². The Labute approximate surface area is 123 Å². The summed E-state index contributed by atoms with van der Waals surface area (Å²) in [5.41, 5.74) is 1.71. The summed E-state index contributed by atoms with van der Waals surface area (Å²) in [6.45, 7) is 8.20. The molecular weight excluding hydrogens is 270 g/mol. The van der Waals surface area contributed by atoms with E-state index in [2.05, 4.69) is 23.8 Å². The zero-order valence-electron chi connectivity index (χ0n) is 13.1. The largest absolute Gasteiger partial charge is 0.490 e. The summed E-state index contributed by atoms with van der Waals surface area (Å²) in [6.07, 6.45) is 0.855. The first kappa shape index (κ1) is 15.3. The smallest absolute Gasteiger partial charge is 0.341 e. The second-order valence-electron chi connectivity index (χ2n) is 5.63. The predicted molar refractivity (Wildman–Crippen MR) is 79.9 cm³/mol. The number of aromatic carboxylic acids is 1. The predicted octanol–water partition coefficient (Wildman–Crippen LogP) is 2.71. The Bertz CT molecular complexity index is 689. The van der Waals surface area contributed by atoms with Crippen LogP contribution in [0.1, 0.15) is 42.1 Å². The maximum absolute atomic E-state index is 11.5. The van der Waals surface area contributed by atoms with Gasteiger partial charge in [-0.25, -0.2) is 14.8 Å². The Balaban J connectivity index is 2.58. The highest BCUT2D eigenvalue weighted by molar-refractivity contribution is 5.98. The minimum absolute atomic E-state index is 0.101. The molecule has 0 spiro atoms. The average molecular weight is 291 g/mol. The van der Waals surface area contributed by atoms with E-state index in [1.165, 1.54) is 0 Å². The second kappa shape index (κ2) is 5.71. The Hall–Kier alpha value is -2.11. The highest BCUT2D eigenvalue weighted by Crippen LogP contribution is 2.30. The molecule has 2 heterocycles. The number of hydrogen-bond donors (Lipinski definition) is 1. The van der Waals surface area contributed by atoms with E-state index in [4.69, 9.17) is 4.74 Å². The third kappa shape index (κ3) is 2.84. The van der Waals surface area contributed by atoms with Crippen LogP contribution in [0.4, 0.5) is 0 Å². The number of aromatic nitrogens is 3. The summed E-state index contributed by atoms with van der Waals surface area (Å²) in [6, 6.07) is 0. The third-order valence-corrected chi connectivity index (χ3v) is 3.52. The number of carboxylic acids is 1. The van der Waals surface area contributed by atoms with Crippen molar-refractivity contribution >= 4 is 17.1 Å². The van der Waals surface area contributed by atoms with Crippen molar-refractivity contribution in [1.29, 1.82) is 0 Å². The fourth-order valence-electron chi connectivity index (χ4n) is 2.17. The van der Waals surface area contributed by atoms with E-state index in [9.17, 15) is 9.90 Å². The molecule has 114 valence electrons. The number of aryl methyl sites for hydroxylation is 3. The molecular formula is C15H21N3O3. The number of fused-ring (bicyclic) bond motifs is 1. The fourth-order valence-corrected chi connectivity index (χ4v) is 2.17. The van der Waals surface area contributed by atoms with Crippen molar-refractivity contribution in [2.24, 2.45) is 13.0 Å². The average Bonchev–Trinajstić information content (AvgIpc) is 2.65. The van der Waals surface area contributed by atoms with E-state index in [1.807, 2.05) is 18.5 Å². The van der Waals surface area contributed by atoms with Crippen LogP contribution in [0.5, 0.6) is 5.75 Å². The van der Waals surface area contributed by atoms with Crippen LogP contribution in [0.15, 0.2) is 0 Å². The summed E-state index contributed by atoms with van der Waals surface area (Å²) in [5.74, 6) is 0.550. The van der Waals surface area contributed by atoms with Gasteiger partial charge in [-0.05, 0) is 26.2 Å². The van der Waals surface area contributed by atoms with Gasteiger partial charge in [-0.3, -0.25) is 0 Å². The summed E-state index contributed by atoms with van der Waals surface area (Å²) < 4.78 is 7.61. The van der Waals surface area contributed by atoms with Crippen molar-refractivity contribution in [2.45, 2.75) is 34.1 Å². The Morgan fingerprint density at radius 3 is 2.57 bits per heavy atom. The van der Waals surface area contributed by atoms with Crippen LogP contribution in [0.3, 0.4) is 0 Å². The molecule has 0 amide bonds. The summed E-state index contributed by atoms with van der Waals surface area (Å²) in [5, 5.41) is 9.44. The van der Waals surface area contributed by atoms with Gasteiger partial charge in [-0.1, -0.05) is 13.8 Å². The Morgan fingerprint density at radius 2 is 2.00 bits per heavy atom. The van der Waals surface area contributed by atoms with E-state index in [0.717, 1.165) is 12.2 Å². The van der Waals surface area contributed by atoms with Crippen LogP contribution in [0, 0.1) is 19.8 Å². The van der Waals surface area contributed by atoms with Crippen LogP contribution in [-0.2, 0) is 7.05 Å². The number of nitrogens with zero attached hydrogens (tertiary/aromatic N) is 3. The van der Waals surface area contributed by atoms with Gasteiger partial charge in [0.05, 0.1) is 12.3 Å². The maximum Gasteiger partial charge on any atom is 0.341 e. The van der Waals surface area contributed by atoms with Gasteiger partial charge in [0.25, 0.3) is 0 Å². The number of carboxylic acid groups (broad SMARTS) is 1. The lowest BCUT2D eigenvalue weighted by atomic mass is 10.1. The van der Waals surface area contributed by atoms with Crippen molar-refractivity contribution in [2.75, 3.05) is 6.61 Å². The van der Waals surface area contributed by atoms with Gasteiger partial charge >= 0.3 is 5.97 Å². The van der Waals surface area contributed by atoms with Crippen LogP contribution < -0.4 is 4.74 Å². The molecule has 0 saturated carbocycles. The SMILES string of the molecule is Cc1nc2c(nc(C)n2C)c(OCCC(C)C)c1C(=O)O. The van der Waals surface area contributed by atoms with E-state index in [0.29, 0.717) is 35.1 Å². The first-order chi connectivity index (χ1) is 9.82. The Morgan fingerprint density at radius 1 is 1.33 bits per heavy atom. The van der Waals surface area contributed by atoms with E-state index >= 15 is 0 Å². The summed E-state index contributed by atoms with van der Waals surface area (Å²) >= 11 is 0. The van der Waals surface area contributed by atoms with E-state index in [1.54, 1.807) is 6.92 Å². The van der Waals surface area contributed by atoms with Gasteiger partial charge in [-0.15, -0.1) is 0 Å². The minimum Gasteiger partial charge on any atom is -0.490 e. The molecule has 2 rings (SSSR count). The lowest BCUT2D eigenvalue weighted by Gasteiger charge is -2.12. The van der Waals surface area contributed by atoms with Gasteiger partial charge < -0.3 is 14.4 Å². The molecule has 0 aliphatic carbocycles. The topological polar surface area (TPSA) is 77.2 Å².